The molecule has 2 bridgehead atoms. The normalized spacial score (nSPS) is 40.5. The zero-order valence-corrected chi connectivity index (χ0v) is 14.3. The number of hydrogen-bond donors (Lipinski definition) is 1. The predicted molar refractivity (Wildman–Crippen MR) is 87.6 cm³/mol. The quantitative estimate of drug-likeness (QED) is 0.855. The number of halogens is 1. The van der Waals surface area contributed by atoms with Crippen molar-refractivity contribution in [3.63, 3.8) is 0 Å². The largest absolute Gasteiger partial charge is 0.493 e. The van der Waals surface area contributed by atoms with Crippen molar-refractivity contribution in [3.05, 3.63) is 22.2 Å². The van der Waals surface area contributed by atoms with E-state index in [1.807, 2.05) is 6.07 Å². The number of likely N-dealkylation sites (N-methyl/N-ethyl adjacent to an activating group) is 1. The summed E-state index contributed by atoms with van der Waals surface area (Å²) < 4.78 is 11.9. The van der Waals surface area contributed by atoms with Gasteiger partial charge in [-0.05, 0) is 50.8 Å². The van der Waals surface area contributed by atoms with Gasteiger partial charge in [0.1, 0.15) is 6.10 Å². The van der Waals surface area contributed by atoms with E-state index in [1.165, 1.54) is 11.1 Å². The molecule has 23 heavy (non-hydrogen) atoms. The number of benzene rings is 1. The Morgan fingerprint density at radius 1 is 1.43 bits per heavy atom. The lowest BCUT2D eigenvalue weighted by Gasteiger charge is -2.58. The van der Waals surface area contributed by atoms with Gasteiger partial charge in [-0.25, -0.2) is 0 Å². The highest BCUT2D eigenvalue weighted by molar-refractivity contribution is 6.31. The van der Waals surface area contributed by atoms with Crippen molar-refractivity contribution in [2.24, 2.45) is 5.92 Å². The molecule has 1 saturated carbocycles. The van der Waals surface area contributed by atoms with Gasteiger partial charge in [-0.2, -0.15) is 0 Å². The summed E-state index contributed by atoms with van der Waals surface area (Å²) in [6.07, 6.45) is 3.32. The van der Waals surface area contributed by atoms with Crippen molar-refractivity contribution in [2.75, 3.05) is 20.7 Å². The highest BCUT2D eigenvalue weighted by Gasteiger charge is 2.65. The summed E-state index contributed by atoms with van der Waals surface area (Å²) in [6, 6.07) is 2.37. The van der Waals surface area contributed by atoms with Crippen LogP contribution in [0.25, 0.3) is 0 Å². The molecule has 1 saturated heterocycles. The minimum Gasteiger partial charge on any atom is -0.493 e. The molecular formula is C18H22ClNO3. The molecule has 2 heterocycles. The first-order chi connectivity index (χ1) is 11.1. The monoisotopic (exact) mass is 335 g/mol. The van der Waals surface area contributed by atoms with E-state index in [1.54, 1.807) is 7.11 Å². The third-order valence-corrected chi connectivity index (χ3v) is 7.18. The molecule has 0 radical (unpaired) electrons. The molecule has 4 nitrogen and oxygen atoms in total. The molecule has 0 aromatic heterocycles. The maximum absolute atomic E-state index is 10.7. The summed E-state index contributed by atoms with van der Waals surface area (Å²) in [5.74, 6) is 2.08. The van der Waals surface area contributed by atoms with Crippen molar-refractivity contribution < 1.29 is 14.6 Å². The lowest BCUT2D eigenvalue weighted by Crippen LogP contribution is -2.66. The fourth-order valence-corrected chi connectivity index (χ4v) is 6.16. The SMILES string of the molecule is COc1cc(Cl)c2c3c1O[C@H]1[C@@H](O)CC[C@H]4[C@@H](C2)N(C)CC[C@@]341. The van der Waals surface area contributed by atoms with Crippen LogP contribution < -0.4 is 9.47 Å². The number of piperidine rings is 1. The topological polar surface area (TPSA) is 41.9 Å². The Labute approximate surface area is 141 Å². The van der Waals surface area contributed by atoms with Gasteiger partial charge in [0.25, 0.3) is 0 Å². The van der Waals surface area contributed by atoms with Gasteiger partial charge < -0.3 is 19.5 Å². The van der Waals surface area contributed by atoms with Crippen LogP contribution in [0.4, 0.5) is 0 Å². The van der Waals surface area contributed by atoms with Gasteiger partial charge in [-0.1, -0.05) is 11.6 Å². The number of ether oxygens (including phenoxy) is 2. The van der Waals surface area contributed by atoms with Crippen LogP contribution in [0.15, 0.2) is 6.07 Å². The van der Waals surface area contributed by atoms with Crippen molar-refractivity contribution in [3.8, 4) is 11.5 Å². The van der Waals surface area contributed by atoms with Crippen LogP contribution in [-0.2, 0) is 11.8 Å². The lowest BCUT2D eigenvalue weighted by atomic mass is 9.51. The molecule has 2 aliphatic heterocycles. The van der Waals surface area contributed by atoms with Crippen LogP contribution in [0.2, 0.25) is 5.02 Å². The second kappa shape index (κ2) is 4.56. The summed E-state index contributed by atoms with van der Waals surface area (Å²) in [5.41, 5.74) is 2.38. The maximum Gasteiger partial charge on any atom is 0.166 e. The molecule has 1 spiro atoms. The third-order valence-electron chi connectivity index (χ3n) is 6.84. The van der Waals surface area contributed by atoms with E-state index >= 15 is 0 Å². The van der Waals surface area contributed by atoms with Gasteiger partial charge in [-0.3, -0.25) is 0 Å². The Balaban J connectivity index is 1.82. The molecule has 5 heteroatoms. The van der Waals surface area contributed by atoms with Crippen LogP contribution in [0.5, 0.6) is 11.5 Å². The highest BCUT2D eigenvalue weighted by Crippen LogP contribution is 2.64. The van der Waals surface area contributed by atoms with Crippen molar-refractivity contribution in [2.45, 2.75) is 49.3 Å². The highest BCUT2D eigenvalue weighted by atomic mass is 35.5. The van der Waals surface area contributed by atoms with Crippen molar-refractivity contribution >= 4 is 11.6 Å². The van der Waals surface area contributed by atoms with E-state index in [4.69, 9.17) is 21.1 Å². The first kappa shape index (κ1) is 14.4. The van der Waals surface area contributed by atoms with Gasteiger partial charge in [0.05, 0.1) is 13.2 Å². The Hall–Kier alpha value is -0.970. The zero-order chi connectivity index (χ0) is 15.9. The molecule has 1 N–H and O–H groups in total. The molecule has 0 amide bonds. The van der Waals surface area contributed by atoms with E-state index in [0.717, 1.165) is 43.0 Å². The Bertz CT molecular complexity index is 693. The van der Waals surface area contributed by atoms with Crippen LogP contribution in [0.1, 0.15) is 30.4 Å². The Morgan fingerprint density at radius 2 is 2.26 bits per heavy atom. The molecule has 2 aliphatic carbocycles. The summed E-state index contributed by atoms with van der Waals surface area (Å²) in [4.78, 5) is 2.48. The van der Waals surface area contributed by atoms with Gasteiger partial charge in [0.15, 0.2) is 11.5 Å². The summed E-state index contributed by atoms with van der Waals surface area (Å²) in [7, 11) is 3.88. The van der Waals surface area contributed by atoms with E-state index in [2.05, 4.69) is 11.9 Å². The molecule has 124 valence electrons. The van der Waals surface area contributed by atoms with Gasteiger partial charge >= 0.3 is 0 Å². The average molecular weight is 336 g/mol. The van der Waals surface area contributed by atoms with Crippen LogP contribution in [0, 0.1) is 5.92 Å². The number of rotatable bonds is 1. The van der Waals surface area contributed by atoms with Crippen LogP contribution in [-0.4, -0.2) is 49.0 Å². The number of aliphatic hydroxyl groups excluding tert-OH is 1. The third kappa shape index (κ3) is 1.55. The molecule has 4 aliphatic rings. The average Bonchev–Trinajstić information content (AvgIpc) is 2.89. The number of nitrogens with zero attached hydrogens (tertiary/aromatic N) is 1. The smallest absolute Gasteiger partial charge is 0.166 e. The van der Waals surface area contributed by atoms with Crippen molar-refractivity contribution in [1.29, 1.82) is 0 Å². The second-order valence-corrected chi connectivity index (χ2v) is 7.98. The minimum atomic E-state index is -0.405. The zero-order valence-electron chi connectivity index (χ0n) is 13.5. The minimum absolute atomic E-state index is 0.0874. The summed E-state index contributed by atoms with van der Waals surface area (Å²) in [6.45, 7) is 1.04. The fraction of sp³-hybridized carbons (Fsp3) is 0.667. The standard InChI is InChI=1S/C18H22ClNO3/c1-20-6-5-18-10-3-4-13(21)17(18)23-16-14(22-2)8-11(19)9(15(16)18)7-12(10)20/h8,10,12-13,17,21H,3-7H2,1-2H3/t10-,12+,13-,17-,18-/m0/s1. The maximum atomic E-state index is 10.7. The molecule has 0 unspecified atom stereocenters. The van der Waals surface area contributed by atoms with Crippen LogP contribution in [0.3, 0.4) is 0 Å². The van der Waals surface area contributed by atoms with E-state index in [0.29, 0.717) is 17.7 Å². The van der Waals surface area contributed by atoms with Crippen LogP contribution >= 0.6 is 11.6 Å². The molecule has 5 rings (SSSR count). The van der Waals surface area contributed by atoms with Gasteiger partial charge in [0.2, 0.25) is 0 Å². The first-order valence-electron chi connectivity index (χ1n) is 8.52. The number of methoxy groups -OCH3 is 1. The lowest BCUT2D eigenvalue weighted by molar-refractivity contribution is -0.0993. The molecule has 1 aromatic carbocycles. The summed E-state index contributed by atoms with van der Waals surface area (Å²) in [5, 5.41) is 11.5. The number of aliphatic hydroxyl groups is 1. The van der Waals surface area contributed by atoms with E-state index < -0.39 is 6.10 Å². The fourth-order valence-electron chi connectivity index (χ4n) is 5.89. The molecule has 2 fully saturated rings. The van der Waals surface area contributed by atoms with E-state index in [-0.39, 0.29) is 11.5 Å². The summed E-state index contributed by atoms with van der Waals surface area (Å²) >= 11 is 6.62. The molecular weight excluding hydrogens is 314 g/mol. The Morgan fingerprint density at radius 3 is 3.04 bits per heavy atom. The number of hydrogen-bond acceptors (Lipinski definition) is 4. The van der Waals surface area contributed by atoms with Gasteiger partial charge in [-0.15, -0.1) is 0 Å². The van der Waals surface area contributed by atoms with Crippen molar-refractivity contribution in [1.82, 2.24) is 4.90 Å². The predicted octanol–water partition coefficient (Wildman–Crippen LogP) is 2.38. The number of likely N-dealkylation sites (tertiary alicyclic amines) is 1. The second-order valence-electron chi connectivity index (χ2n) is 7.58. The van der Waals surface area contributed by atoms with E-state index in [9.17, 15) is 5.11 Å². The first-order valence-corrected chi connectivity index (χ1v) is 8.90. The molecule has 5 atom stereocenters. The van der Waals surface area contributed by atoms with Gasteiger partial charge in [0, 0.05) is 28.1 Å². The molecule has 1 aromatic rings. The Kier molecular flexibility index (Phi) is 2.85.